The minimum Gasteiger partial charge on any atom is -0.506 e. The summed E-state index contributed by atoms with van der Waals surface area (Å²) in [6.07, 6.45) is 1.14. The number of pyridine rings is 1. The van der Waals surface area contributed by atoms with Crippen LogP contribution in [0.2, 0.25) is 0 Å². The molecule has 94 valence electrons. The van der Waals surface area contributed by atoms with Gasteiger partial charge in [-0.15, -0.1) is 0 Å². The zero-order chi connectivity index (χ0) is 12.4. The van der Waals surface area contributed by atoms with Crippen molar-refractivity contribution in [1.29, 1.82) is 0 Å². The summed E-state index contributed by atoms with van der Waals surface area (Å²) in [5.74, 6) is 0.863. The smallest absolute Gasteiger partial charge is 0.138 e. The summed E-state index contributed by atoms with van der Waals surface area (Å²) in [6.45, 7) is 6.78. The van der Waals surface area contributed by atoms with Gasteiger partial charge >= 0.3 is 0 Å². The quantitative estimate of drug-likeness (QED) is 0.828. The van der Waals surface area contributed by atoms with Gasteiger partial charge in [0, 0.05) is 24.8 Å². The Kier molecular flexibility index (Phi) is 3.64. The minimum atomic E-state index is 0.249. The van der Waals surface area contributed by atoms with Crippen LogP contribution in [0.1, 0.15) is 24.7 Å². The van der Waals surface area contributed by atoms with Crippen molar-refractivity contribution in [2.24, 2.45) is 11.7 Å². The van der Waals surface area contributed by atoms with Gasteiger partial charge in [0.25, 0.3) is 0 Å². The first kappa shape index (κ1) is 12.3. The van der Waals surface area contributed by atoms with Crippen molar-refractivity contribution in [1.82, 2.24) is 9.88 Å². The number of rotatable bonds is 3. The van der Waals surface area contributed by atoms with Crippen LogP contribution in [0.4, 0.5) is 0 Å². The van der Waals surface area contributed by atoms with Crippen molar-refractivity contribution in [3.8, 4) is 5.75 Å². The molecule has 2 unspecified atom stereocenters. The molecular weight excluding hydrogens is 214 g/mol. The fourth-order valence-corrected chi connectivity index (χ4v) is 2.37. The molecular formula is C13H21N3O. The third-order valence-corrected chi connectivity index (χ3v) is 3.52. The molecule has 0 saturated carbocycles. The highest BCUT2D eigenvalue weighted by Crippen LogP contribution is 2.23. The maximum absolute atomic E-state index is 9.76. The van der Waals surface area contributed by atoms with Gasteiger partial charge < -0.3 is 10.8 Å². The molecule has 3 N–H and O–H groups in total. The molecule has 1 fully saturated rings. The summed E-state index contributed by atoms with van der Waals surface area (Å²) in [6, 6.07) is 3.80. The summed E-state index contributed by atoms with van der Waals surface area (Å²) < 4.78 is 0. The predicted molar refractivity (Wildman–Crippen MR) is 67.7 cm³/mol. The van der Waals surface area contributed by atoms with Crippen LogP contribution < -0.4 is 5.73 Å². The van der Waals surface area contributed by atoms with Gasteiger partial charge in [0.15, 0.2) is 0 Å². The highest BCUT2D eigenvalue weighted by atomic mass is 16.3. The molecule has 1 aromatic rings. The summed E-state index contributed by atoms with van der Waals surface area (Å²) in [5, 5.41) is 9.76. The van der Waals surface area contributed by atoms with E-state index in [-0.39, 0.29) is 6.04 Å². The predicted octanol–water partition coefficient (Wildman–Crippen LogP) is 1.26. The maximum atomic E-state index is 9.76. The number of aromatic nitrogens is 1. The number of nitrogens with zero attached hydrogens (tertiary/aromatic N) is 2. The zero-order valence-electron chi connectivity index (χ0n) is 10.6. The molecule has 1 aliphatic heterocycles. The van der Waals surface area contributed by atoms with E-state index >= 15 is 0 Å². The van der Waals surface area contributed by atoms with E-state index in [2.05, 4.69) is 16.8 Å². The second-order valence-electron chi connectivity index (χ2n) is 5.06. The third-order valence-electron chi connectivity index (χ3n) is 3.52. The van der Waals surface area contributed by atoms with Crippen LogP contribution >= 0.6 is 0 Å². The number of likely N-dealkylation sites (tertiary alicyclic amines) is 1. The Morgan fingerprint density at radius 3 is 3.00 bits per heavy atom. The Morgan fingerprint density at radius 2 is 2.35 bits per heavy atom. The SMILES string of the molecule is Cc1ccc(O)c(CN2CCC(C(C)N)C2)n1. The molecule has 4 nitrogen and oxygen atoms in total. The van der Waals surface area contributed by atoms with Gasteiger partial charge in [-0.05, 0) is 44.9 Å². The van der Waals surface area contributed by atoms with Crippen molar-refractivity contribution in [3.05, 3.63) is 23.5 Å². The standard InChI is InChI=1S/C13H21N3O/c1-9-3-4-13(17)12(15-9)8-16-6-5-11(7-16)10(2)14/h3-4,10-11,17H,5-8,14H2,1-2H3. The van der Waals surface area contributed by atoms with Crippen molar-refractivity contribution in [2.45, 2.75) is 32.9 Å². The molecule has 0 aromatic carbocycles. The summed E-state index contributed by atoms with van der Waals surface area (Å²) in [5.41, 5.74) is 7.63. The first-order chi connectivity index (χ1) is 8.06. The summed E-state index contributed by atoms with van der Waals surface area (Å²) in [4.78, 5) is 6.70. The first-order valence-electron chi connectivity index (χ1n) is 6.19. The first-order valence-corrected chi connectivity index (χ1v) is 6.19. The molecule has 2 atom stereocenters. The average Bonchev–Trinajstić information content (AvgIpc) is 2.72. The number of hydrogen-bond acceptors (Lipinski definition) is 4. The van der Waals surface area contributed by atoms with Crippen molar-refractivity contribution >= 4 is 0 Å². The Bertz CT molecular complexity index is 392. The lowest BCUT2D eigenvalue weighted by Crippen LogP contribution is -2.29. The van der Waals surface area contributed by atoms with Gasteiger partial charge in [0.1, 0.15) is 5.75 Å². The molecule has 0 aliphatic carbocycles. The molecule has 0 amide bonds. The largest absolute Gasteiger partial charge is 0.506 e. The lowest BCUT2D eigenvalue weighted by molar-refractivity contribution is 0.299. The van der Waals surface area contributed by atoms with Gasteiger partial charge in [-0.3, -0.25) is 9.88 Å². The summed E-state index contributed by atoms with van der Waals surface area (Å²) >= 11 is 0. The Labute approximate surface area is 102 Å². The number of aryl methyl sites for hydroxylation is 1. The van der Waals surface area contributed by atoms with Crippen molar-refractivity contribution in [2.75, 3.05) is 13.1 Å². The second kappa shape index (κ2) is 5.02. The number of hydrogen-bond donors (Lipinski definition) is 2. The zero-order valence-corrected chi connectivity index (χ0v) is 10.6. The highest BCUT2D eigenvalue weighted by Gasteiger charge is 2.25. The fraction of sp³-hybridized carbons (Fsp3) is 0.615. The minimum absolute atomic E-state index is 0.249. The summed E-state index contributed by atoms with van der Waals surface area (Å²) in [7, 11) is 0. The molecule has 1 aliphatic rings. The van der Waals surface area contributed by atoms with Crippen LogP contribution in [0.25, 0.3) is 0 Å². The van der Waals surface area contributed by atoms with E-state index in [1.165, 1.54) is 0 Å². The Balaban J connectivity index is 2.00. The van der Waals surface area contributed by atoms with Gasteiger partial charge in [0.2, 0.25) is 0 Å². The Hall–Kier alpha value is -1.13. The maximum Gasteiger partial charge on any atom is 0.138 e. The van der Waals surface area contributed by atoms with Crippen LogP contribution in [0.15, 0.2) is 12.1 Å². The van der Waals surface area contributed by atoms with E-state index in [0.717, 1.165) is 37.4 Å². The molecule has 0 bridgehead atoms. The van der Waals surface area contributed by atoms with E-state index in [0.29, 0.717) is 11.7 Å². The van der Waals surface area contributed by atoms with E-state index in [1.807, 2.05) is 13.0 Å². The normalized spacial score (nSPS) is 22.9. The lowest BCUT2D eigenvalue weighted by atomic mass is 10.0. The molecule has 2 rings (SSSR count). The van der Waals surface area contributed by atoms with E-state index in [4.69, 9.17) is 5.73 Å². The van der Waals surface area contributed by atoms with E-state index in [1.54, 1.807) is 6.07 Å². The van der Waals surface area contributed by atoms with Crippen LogP contribution in [-0.2, 0) is 6.54 Å². The van der Waals surface area contributed by atoms with Gasteiger partial charge in [-0.1, -0.05) is 0 Å². The van der Waals surface area contributed by atoms with Crippen LogP contribution in [0.3, 0.4) is 0 Å². The lowest BCUT2D eigenvalue weighted by Gasteiger charge is -2.18. The van der Waals surface area contributed by atoms with E-state index in [9.17, 15) is 5.11 Å². The molecule has 2 heterocycles. The molecule has 4 heteroatoms. The highest BCUT2D eigenvalue weighted by molar-refractivity contribution is 5.27. The topological polar surface area (TPSA) is 62.4 Å². The van der Waals surface area contributed by atoms with Gasteiger partial charge in [-0.2, -0.15) is 0 Å². The molecule has 17 heavy (non-hydrogen) atoms. The Morgan fingerprint density at radius 1 is 1.59 bits per heavy atom. The second-order valence-corrected chi connectivity index (χ2v) is 5.06. The molecule has 1 saturated heterocycles. The van der Waals surface area contributed by atoms with E-state index < -0.39 is 0 Å². The van der Waals surface area contributed by atoms with Crippen molar-refractivity contribution < 1.29 is 5.11 Å². The average molecular weight is 235 g/mol. The monoisotopic (exact) mass is 235 g/mol. The number of nitrogens with two attached hydrogens (primary N) is 1. The van der Waals surface area contributed by atoms with Crippen LogP contribution in [-0.4, -0.2) is 34.1 Å². The van der Waals surface area contributed by atoms with Gasteiger partial charge in [-0.25, -0.2) is 0 Å². The molecule has 0 radical (unpaired) electrons. The number of aromatic hydroxyl groups is 1. The van der Waals surface area contributed by atoms with Crippen molar-refractivity contribution in [3.63, 3.8) is 0 Å². The van der Waals surface area contributed by atoms with Crippen LogP contribution in [0, 0.1) is 12.8 Å². The molecule has 0 spiro atoms. The fourth-order valence-electron chi connectivity index (χ4n) is 2.37. The molecule has 1 aromatic heterocycles. The third kappa shape index (κ3) is 2.96. The van der Waals surface area contributed by atoms with Gasteiger partial charge in [0.05, 0.1) is 5.69 Å². The van der Waals surface area contributed by atoms with Crippen LogP contribution in [0.5, 0.6) is 5.75 Å².